The van der Waals surface area contributed by atoms with E-state index in [-0.39, 0.29) is 17.6 Å². The predicted molar refractivity (Wildman–Crippen MR) is 129 cm³/mol. The van der Waals surface area contributed by atoms with Gasteiger partial charge in [-0.15, -0.1) is 5.10 Å². The van der Waals surface area contributed by atoms with Crippen molar-refractivity contribution in [2.24, 2.45) is 0 Å². The van der Waals surface area contributed by atoms with Gasteiger partial charge in [0.2, 0.25) is 11.1 Å². The van der Waals surface area contributed by atoms with Crippen LogP contribution in [0.4, 0.5) is 0 Å². The van der Waals surface area contributed by atoms with Crippen molar-refractivity contribution in [1.82, 2.24) is 25.5 Å². The number of pyridine rings is 1. The highest BCUT2D eigenvalue weighted by Gasteiger charge is 2.20. The van der Waals surface area contributed by atoms with Gasteiger partial charge in [0.15, 0.2) is 5.82 Å². The largest absolute Gasteiger partial charge is 0.497 e. The topological polar surface area (TPSA) is 92.8 Å². The molecule has 0 fully saturated rings. The Labute approximate surface area is 201 Å². The Morgan fingerprint density at radius 1 is 1.15 bits per heavy atom. The molecule has 168 valence electrons. The number of thioether (sulfide) groups is 1. The maximum absolute atomic E-state index is 12.7. The Balaban J connectivity index is 1.48. The van der Waals surface area contributed by atoms with Crippen LogP contribution in [0.5, 0.6) is 5.75 Å². The number of rotatable bonds is 9. The highest BCUT2D eigenvalue weighted by Crippen LogP contribution is 2.37. The van der Waals surface area contributed by atoms with E-state index in [1.54, 1.807) is 31.6 Å². The van der Waals surface area contributed by atoms with Crippen molar-refractivity contribution in [3.05, 3.63) is 89.2 Å². The SMILES string of the molecule is COc1ccc(C(CC(=O)NCc2cccnc2)Sc2n[nH]c(-c3ccc(Cl)cc3)n2)cc1. The summed E-state index contributed by atoms with van der Waals surface area (Å²) in [5.74, 6) is 1.33. The lowest BCUT2D eigenvalue weighted by atomic mass is 10.1. The van der Waals surface area contributed by atoms with E-state index in [2.05, 4.69) is 25.5 Å². The monoisotopic (exact) mass is 479 g/mol. The van der Waals surface area contributed by atoms with Crippen molar-refractivity contribution < 1.29 is 9.53 Å². The lowest BCUT2D eigenvalue weighted by molar-refractivity contribution is -0.121. The molecular formula is C24H22ClN5O2S. The van der Waals surface area contributed by atoms with E-state index >= 15 is 0 Å². The summed E-state index contributed by atoms with van der Waals surface area (Å²) in [5, 5.41) is 11.3. The maximum atomic E-state index is 12.7. The molecule has 0 bridgehead atoms. The third kappa shape index (κ3) is 6.34. The average molecular weight is 480 g/mol. The molecule has 0 aliphatic rings. The zero-order chi connectivity index (χ0) is 23.0. The minimum Gasteiger partial charge on any atom is -0.497 e. The quantitative estimate of drug-likeness (QED) is 0.326. The molecule has 4 rings (SSSR count). The van der Waals surface area contributed by atoms with Gasteiger partial charge < -0.3 is 10.1 Å². The molecular weight excluding hydrogens is 458 g/mol. The molecule has 4 aromatic rings. The molecule has 0 radical (unpaired) electrons. The average Bonchev–Trinajstić information content (AvgIpc) is 3.32. The second-order valence-corrected chi connectivity index (χ2v) is 8.80. The molecule has 33 heavy (non-hydrogen) atoms. The van der Waals surface area contributed by atoms with Gasteiger partial charge in [-0.3, -0.25) is 14.9 Å². The molecule has 1 atom stereocenters. The van der Waals surface area contributed by atoms with Crippen molar-refractivity contribution in [2.75, 3.05) is 7.11 Å². The Morgan fingerprint density at radius 3 is 2.64 bits per heavy atom. The predicted octanol–water partition coefficient (Wildman–Crippen LogP) is 5.07. The number of H-pyrrole nitrogens is 1. The molecule has 2 aromatic carbocycles. The van der Waals surface area contributed by atoms with Gasteiger partial charge in [0.05, 0.1) is 7.11 Å². The Hall–Kier alpha value is -3.36. The highest BCUT2D eigenvalue weighted by atomic mass is 35.5. The van der Waals surface area contributed by atoms with E-state index in [1.807, 2.05) is 48.5 Å². The maximum Gasteiger partial charge on any atom is 0.221 e. The van der Waals surface area contributed by atoms with Crippen molar-refractivity contribution >= 4 is 29.3 Å². The molecule has 2 aromatic heterocycles. The van der Waals surface area contributed by atoms with E-state index < -0.39 is 0 Å². The van der Waals surface area contributed by atoms with Crippen molar-refractivity contribution in [3.63, 3.8) is 0 Å². The minimum absolute atomic E-state index is 0.0689. The number of nitrogens with zero attached hydrogens (tertiary/aromatic N) is 3. The molecule has 1 amide bonds. The van der Waals surface area contributed by atoms with E-state index in [4.69, 9.17) is 16.3 Å². The van der Waals surface area contributed by atoms with E-state index in [1.165, 1.54) is 11.8 Å². The fourth-order valence-electron chi connectivity index (χ4n) is 3.15. The van der Waals surface area contributed by atoms with Crippen LogP contribution in [0.2, 0.25) is 5.02 Å². The number of halogens is 1. The fourth-order valence-corrected chi connectivity index (χ4v) is 4.30. The molecule has 9 heteroatoms. The van der Waals surface area contributed by atoms with Crippen LogP contribution in [0.1, 0.15) is 22.8 Å². The standard InChI is InChI=1S/C24H22ClN5O2S/c1-32-20-10-6-17(7-11-20)21(13-22(31)27-15-16-3-2-12-26-14-16)33-24-28-23(29-30-24)18-4-8-19(25)9-5-18/h2-12,14,21H,13,15H2,1H3,(H,27,31)(H,28,29,30). The van der Waals surface area contributed by atoms with Gasteiger partial charge in [0.1, 0.15) is 5.75 Å². The minimum atomic E-state index is -0.182. The summed E-state index contributed by atoms with van der Waals surface area (Å²) < 4.78 is 5.27. The highest BCUT2D eigenvalue weighted by molar-refractivity contribution is 7.99. The molecule has 2 N–H and O–H groups in total. The zero-order valence-electron chi connectivity index (χ0n) is 17.9. The number of hydrogen-bond donors (Lipinski definition) is 2. The third-order valence-corrected chi connectivity index (χ3v) is 6.27. The summed E-state index contributed by atoms with van der Waals surface area (Å²) in [5.41, 5.74) is 2.81. The van der Waals surface area contributed by atoms with Gasteiger partial charge in [-0.1, -0.05) is 41.6 Å². The Morgan fingerprint density at radius 2 is 1.94 bits per heavy atom. The second-order valence-electron chi connectivity index (χ2n) is 7.20. The van der Waals surface area contributed by atoms with E-state index in [9.17, 15) is 4.79 Å². The van der Waals surface area contributed by atoms with Gasteiger partial charge in [0, 0.05) is 41.2 Å². The van der Waals surface area contributed by atoms with Gasteiger partial charge >= 0.3 is 0 Å². The number of aromatic nitrogens is 4. The summed E-state index contributed by atoms with van der Waals surface area (Å²) in [6, 6.07) is 18.8. The number of ether oxygens (including phenoxy) is 1. The smallest absolute Gasteiger partial charge is 0.221 e. The van der Waals surface area contributed by atoms with Gasteiger partial charge in [-0.05, 0) is 53.6 Å². The number of aromatic amines is 1. The first-order valence-electron chi connectivity index (χ1n) is 10.3. The normalized spacial score (nSPS) is 11.7. The number of carbonyl (C=O) groups is 1. The lowest BCUT2D eigenvalue weighted by Gasteiger charge is -2.16. The Bertz CT molecular complexity index is 1180. The van der Waals surface area contributed by atoms with Crippen LogP contribution < -0.4 is 10.1 Å². The number of benzene rings is 2. The lowest BCUT2D eigenvalue weighted by Crippen LogP contribution is -2.24. The third-order valence-electron chi connectivity index (χ3n) is 4.90. The van der Waals surface area contributed by atoms with Crippen molar-refractivity contribution in [1.29, 1.82) is 0 Å². The number of methoxy groups -OCH3 is 1. The molecule has 1 unspecified atom stereocenters. The molecule has 0 aliphatic carbocycles. The second kappa shape index (κ2) is 11.0. The number of amides is 1. The summed E-state index contributed by atoms with van der Waals surface area (Å²) in [6.07, 6.45) is 3.71. The van der Waals surface area contributed by atoms with Crippen molar-refractivity contribution in [3.8, 4) is 17.1 Å². The first kappa shape index (κ1) is 22.8. The summed E-state index contributed by atoms with van der Waals surface area (Å²) in [7, 11) is 1.62. The zero-order valence-corrected chi connectivity index (χ0v) is 19.4. The molecule has 0 saturated heterocycles. The van der Waals surface area contributed by atoms with Crippen LogP contribution in [-0.2, 0) is 11.3 Å². The molecule has 0 spiro atoms. The van der Waals surface area contributed by atoms with Crippen molar-refractivity contribution in [2.45, 2.75) is 23.4 Å². The first-order chi connectivity index (χ1) is 16.1. The van der Waals surface area contributed by atoms with Gasteiger partial charge in [0.25, 0.3) is 0 Å². The molecule has 2 heterocycles. The van der Waals surface area contributed by atoms with E-state index in [0.29, 0.717) is 22.5 Å². The van der Waals surface area contributed by atoms with Crippen LogP contribution in [0.25, 0.3) is 11.4 Å². The fraction of sp³-hybridized carbons (Fsp3) is 0.167. The summed E-state index contributed by atoms with van der Waals surface area (Å²) in [4.78, 5) is 21.4. The summed E-state index contributed by atoms with van der Waals surface area (Å²) in [6.45, 7) is 0.425. The molecule has 0 saturated carbocycles. The first-order valence-corrected chi connectivity index (χ1v) is 11.5. The Kier molecular flexibility index (Phi) is 7.59. The van der Waals surface area contributed by atoms with Crippen LogP contribution in [0, 0.1) is 0 Å². The molecule has 7 nitrogen and oxygen atoms in total. The van der Waals surface area contributed by atoms with Gasteiger partial charge in [-0.2, -0.15) is 0 Å². The summed E-state index contributed by atoms with van der Waals surface area (Å²) >= 11 is 7.41. The van der Waals surface area contributed by atoms with Crippen LogP contribution in [0.3, 0.4) is 0 Å². The van der Waals surface area contributed by atoms with E-state index in [0.717, 1.165) is 22.4 Å². The van der Waals surface area contributed by atoms with Crippen LogP contribution in [0.15, 0.2) is 78.2 Å². The van der Waals surface area contributed by atoms with Crippen LogP contribution >= 0.6 is 23.4 Å². The number of hydrogen-bond acceptors (Lipinski definition) is 6. The van der Waals surface area contributed by atoms with Crippen LogP contribution in [-0.4, -0.2) is 33.2 Å². The number of nitrogens with one attached hydrogen (secondary N) is 2. The molecule has 0 aliphatic heterocycles. The number of carbonyl (C=O) groups excluding carboxylic acids is 1. The van der Waals surface area contributed by atoms with Gasteiger partial charge in [-0.25, -0.2) is 4.98 Å².